The van der Waals surface area contributed by atoms with E-state index in [4.69, 9.17) is 5.73 Å². The molecule has 2 amide bonds. The first kappa shape index (κ1) is 14.9. The number of carbonyl (C=O) groups is 2. The molecule has 7 heteroatoms. The van der Waals surface area contributed by atoms with Crippen LogP contribution in [-0.4, -0.2) is 41.2 Å². The van der Waals surface area contributed by atoms with E-state index in [0.717, 1.165) is 16.5 Å². The number of urea groups is 1. The smallest absolute Gasteiger partial charge is 0.326 e. The highest BCUT2D eigenvalue weighted by molar-refractivity contribution is 5.86. The number of nitrogens with one attached hydrogen (secondary N) is 3. The molecule has 0 aliphatic heterocycles. The number of aromatic amines is 1. The van der Waals surface area contributed by atoms with Gasteiger partial charge in [0.2, 0.25) is 0 Å². The first-order valence-electron chi connectivity index (χ1n) is 6.64. The van der Waals surface area contributed by atoms with Crippen LogP contribution in [0.4, 0.5) is 4.79 Å². The Morgan fingerprint density at radius 3 is 2.81 bits per heavy atom. The Morgan fingerprint density at radius 2 is 2.10 bits per heavy atom. The lowest BCUT2D eigenvalue weighted by Gasteiger charge is -2.14. The number of H-pyrrole nitrogens is 1. The topological polar surface area (TPSA) is 120 Å². The van der Waals surface area contributed by atoms with Gasteiger partial charge in [-0.25, -0.2) is 9.59 Å². The summed E-state index contributed by atoms with van der Waals surface area (Å²) in [5.74, 6) is -1.08. The highest BCUT2D eigenvalue weighted by atomic mass is 16.4. The molecule has 0 radical (unpaired) electrons. The maximum atomic E-state index is 11.6. The van der Waals surface area contributed by atoms with Crippen molar-refractivity contribution in [2.75, 3.05) is 13.1 Å². The van der Waals surface area contributed by atoms with Crippen LogP contribution in [-0.2, 0) is 11.2 Å². The zero-order valence-corrected chi connectivity index (χ0v) is 11.4. The molecule has 1 atom stereocenters. The van der Waals surface area contributed by atoms with Crippen molar-refractivity contribution in [2.45, 2.75) is 12.5 Å². The number of amides is 2. The number of nitrogens with two attached hydrogens (primary N) is 1. The molecule has 21 heavy (non-hydrogen) atoms. The third kappa shape index (κ3) is 3.73. The molecule has 6 N–H and O–H groups in total. The third-order valence-electron chi connectivity index (χ3n) is 3.13. The monoisotopic (exact) mass is 290 g/mol. The summed E-state index contributed by atoms with van der Waals surface area (Å²) in [6, 6.07) is 6.08. The molecule has 2 rings (SSSR count). The number of carboxylic acid groups (broad SMARTS) is 1. The molecule has 0 saturated carbocycles. The minimum absolute atomic E-state index is 0.204. The van der Waals surface area contributed by atoms with Crippen LogP contribution in [0.2, 0.25) is 0 Å². The van der Waals surface area contributed by atoms with Crippen molar-refractivity contribution >= 4 is 22.9 Å². The van der Waals surface area contributed by atoms with Gasteiger partial charge in [-0.3, -0.25) is 0 Å². The number of hydrogen-bond donors (Lipinski definition) is 5. The fourth-order valence-electron chi connectivity index (χ4n) is 2.12. The molecule has 1 aromatic heterocycles. The molecule has 0 bridgehead atoms. The van der Waals surface area contributed by atoms with Crippen molar-refractivity contribution in [1.82, 2.24) is 15.6 Å². The molecule has 0 saturated heterocycles. The van der Waals surface area contributed by atoms with Gasteiger partial charge in [-0.15, -0.1) is 0 Å². The fourth-order valence-corrected chi connectivity index (χ4v) is 2.12. The van der Waals surface area contributed by atoms with Crippen LogP contribution in [0.15, 0.2) is 30.5 Å². The number of fused-ring (bicyclic) bond motifs is 1. The van der Waals surface area contributed by atoms with E-state index < -0.39 is 18.0 Å². The summed E-state index contributed by atoms with van der Waals surface area (Å²) in [4.78, 5) is 25.9. The summed E-state index contributed by atoms with van der Waals surface area (Å²) in [7, 11) is 0. The van der Waals surface area contributed by atoms with Crippen molar-refractivity contribution in [1.29, 1.82) is 0 Å². The highest BCUT2D eigenvalue weighted by Gasteiger charge is 2.21. The van der Waals surface area contributed by atoms with Crippen molar-refractivity contribution in [2.24, 2.45) is 5.73 Å². The molecule has 0 aliphatic carbocycles. The lowest BCUT2D eigenvalue weighted by atomic mass is 10.1. The summed E-state index contributed by atoms with van der Waals surface area (Å²) in [5, 5.41) is 15.1. The van der Waals surface area contributed by atoms with Gasteiger partial charge < -0.3 is 26.5 Å². The second-order valence-electron chi connectivity index (χ2n) is 4.64. The van der Waals surface area contributed by atoms with Crippen molar-refractivity contribution in [3.8, 4) is 0 Å². The van der Waals surface area contributed by atoms with Crippen molar-refractivity contribution < 1.29 is 14.7 Å². The van der Waals surface area contributed by atoms with Crippen LogP contribution in [0.25, 0.3) is 10.9 Å². The number of aliphatic carboxylic acids is 1. The lowest BCUT2D eigenvalue weighted by molar-refractivity contribution is -0.139. The van der Waals surface area contributed by atoms with Gasteiger partial charge in [0.05, 0.1) is 0 Å². The number of carboxylic acids is 1. The Labute approximate surface area is 121 Å². The summed E-state index contributed by atoms with van der Waals surface area (Å²) >= 11 is 0. The molecule has 7 nitrogen and oxygen atoms in total. The summed E-state index contributed by atoms with van der Waals surface area (Å²) in [6.45, 7) is 0.596. The van der Waals surface area contributed by atoms with Crippen LogP contribution in [0.3, 0.4) is 0 Å². The Morgan fingerprint density at radius 1 is 1.33 bits per heavy atom. The van der Waals surface area contributed by atoms with Gasteiger partial charge in [0.15, 0.2) is 0 Å². The van der Waals surface area contributed by atoms with E-state index in [1.165, 1.54) is 0 Å². The molecule has 1 aromatic carbocycles. The SMILES string of the molecule is NCCNC(=O)N[C@H](Cc1c[nH]c2ccccc12)C(=O)O. The Bertz CT molecular complexity index is 638. The maximum absolute atomic E-state index is 11.6. The van der Waals surface area contributed by atoms with Crippen LogP contribution in [0.1, 0.15) is 5.56 Å². The van der Waals surface area contributed by atoms with Gasteiger partial charge in [-0.1, -0.05) is 18.2 Å². The number of hydrogen-bond acceptors (Lipinski definition) is 3. The van der Waals surface area contributed by atoms with E-state index in [1.807, 2.05) is 24.3 Å². The van der Waals surface area contributed by atoms with E-state index in [0.29, 0.717) is 13.1 Å². The fraction of sp³-hybridized carbons (Fsp3) is 0.286. The molecule has 112 valence electrons. The maximum Gasteiger partial charge on any atom is 0.326 e. The normalized spacial score (nSPS) is 12.0. The van der Waals surface area contributed by atoms with Gasteiger partial charge in [0.25, 0.3) is 0 Å². The van der Waals surface area contributed by atoms with Crippen molar-refractivity contribution in [3.05, 3.63) is 36.0 Å². The number of para-hydroxylation sites is 1. The minimum atomic E-state index is -1.08. The Hall–Kier alpha value is -2.54. The summed E-state index contributed by atoms with van der Waals surface area (Å²) in [6.07, 6.45) is 1.97. The third-order valence-corrected chi connectivity index (χ3v) is 3.13. The second kappa shape index (κ2) is 6.76. The van der Waals surface area contributed by atoms with E-state index in [-0.39, 0.29) is 6.42 Å². The molecule has 1 heterocycles. The largest absolute Gasteiger partial charge is 0.480 e. The van der Waals surface area contributed by atoms with Gasteiger partial charge in [0.1, 0.15) is 6.04 Å². The van der Waals surface area contributed by atoms with Crippen LogP contribution in [0.5, 0.6) is 0 Å². The average molecular weight is 290 g/mol. The quantitative estimate of drug-likeness (QED) is 0.529. The predicted octanol–water partition coefficient (Wildman–Crippen LogP) is 0.422. The van der Waals surface area contributed by atoms with E-state index >= 15 is 0 Å². The minimum Gasteiger partial charge on any atom is -0.480 e. The van der Waals surface area contributed by atoms with Gasteiger partial charge in [-0.05, 0) is 11.6 Å². The zero-order chi connectivity index (χ0) is 15.2. The molecule has 0 spiro atoms. The molecule has 2 aromatic rings. The van der Waals surface area contributed by atoms with Gasteiger partial charge in [0, 0.05) is 36.6 Å². The Balaban J connectivity index is 2.09. The van der Waals surface area contributed by atoms with Crippen LogP contribution < -0.4 is 16.4 Å². The predicted molar refractivity (Wildman–Crippen MR) is 79.0 cm³/mol. The van der Waals surface area contributed by atoms with Crippen LogP contribution in [0, 0.1) is 0 Å². The standard InChI is InChI=1S/C14H18N4O3/c15-5-6-16-14(21)18-12(13(19)20)7-9-8-17-11-4-2-1-3-10(9)11/h1-4,8,12,17H,5-7,15H2,(H,19,20)(H2,16,18,21)/t12-/m1/s1. The van der Waals surface area contributed by atoms with Gasteiger partial charge in [-0.2, -0.15) is 0 Å². The second-order valence-corrected chi connectivity index (χ2v) is 4.64. The molecule has 0 aliphatic rings. The lowest BCUT2D eigenvalue weighted by Crippen LogP contribution is -2.48. The number of rotatable bonds is 6. The van der Waals surface area contributed by atoms with E-state index in [2.05, 4.69) is 15.6 Å². The Kier molecular flexibility index (Phi) is 4.78. The van der Waals surface area contributed by atoms with Gasteiger partial charge >= 0.3 is 12.0 Å². The molecule has 0 fully saturated rings. The first-order chi connectivity index (χ1) is 10.1. The molecular formula is C14H18N4O3. The molecule has 0 unspecified atom stereocenters. The van der Waals surface area contributed by atoms with E-state index in [9.17, 15) is 14.7 Å². The summed E-state index contributed by atoms with van der Waals surface area (Å²) in [5.41, 5.74) is 7.06. The number of aromatic nitrogens is 1. The van der Waals surface area contributed by atoms with E-state index in [1.54, 1.807) is 6.20 Å². The average Bonchev–Trinajstić information content (AvgIpc) is 2.87. The number of carbonyl (C=O) groups excluding carboxylic acids is 1. The molecular weight excluding hydrogens is 272 g/mol. The summed E-state index contributed by atoms with van der Waals surface area (Å²) < 4.78 is 0. The zero-order valence-electron chi connectivity index (χ0n) is 11.4. The first-order valence-corrected chi connectivity index (χ1v) is 6.64. The van der Waals surface area contributed by atoms with Crippen molar-refractivity contribution in [3.63, 3.8) is 0 Å². The number of benzene rings is 1. The van der Waals surface area contributed by atoms with Crippen LogP contribution >= 0.6 is 0 Å². The highest BCUT2D eigenvalue weighted by Crippen LogP contribution is 2.19.